The molecule has 0 aliphatic rings. The first-order chi connectivity index (χ1) is 7.54. The lowest BCUT2D eigenvalue weighted by Crippen LogP contribution is -2.39. The molecule has 82 valence electrons. The quantitative estimate of drug-likeness (QED) is 0.772. The van der Waals surface area contributed by atoms with Gasteiger partial charge in [-0.25, -0.2) is 4.98 Å². The van der Waals surface area contributed by atoms with Crippen molar-refractivity contribution in [3.05, 3.63) is 24.6 Å². The highest BCUT2D eigenvalue weighted by molar-refractivity contribution is 5.77. The molecular weight excluding hydrogens is 202 g/mol. The van der Waals surface area contributed by atoms with Crippen molar-refractivity contribution in [2.24, 2.45) is 0 Å². The number of nitrogens with zero attached hydrogens (tertiary/aromatic N) is 3. The summed E-state index contributed by atoms with van der Waals surface area (Å²) in [6, 6.07) is 7.97. The van der Waals surface area contributed by atoms with E-state index in [1.54, 1.807) is 0 Å². The minimum absolute atomic E-state index is 0.548. The summed E-state index contributed by atoms with van der Waals surface area (Å²) in [4.78, 5) is 5.96. The van der Waals surface area contributed by atoms with Crippen LogP contribution in [0.1, 0.15) is 13.8 Å². The van der Waals surface area contributed by atoms with E-state index in [1.807, 2.05) is 44.0 Å². The standard InChI is InChI=1S/C12H13N3O/c1-12(2,7-13)15(3)9-4-5-10-11(6-9)16-8-14-10/h4-6,8H,1-3H3. The molecule has 1 aromatic carbocycles. The monoisotopic (exact) mass is 215 g/mol. The van der Waals surface area contributed by atoms with Crippen LogP contribution in [0.25, 0.3) is 11.1 Å². The van der Waals surface area contributed by atoms with Gasteiger partial charge in [0.15, 0.2) is 12.0 Å². The van der Waals surface area contributed by atoms with E-state index >= 15 is 0 Å². The summed E-state index contributed by atoms with van der Waals surface area (Å²) in [7, 11) is 1.89. The number of rotatable bonds is 2. The third kappa shape index (κ3) is 1.61. The summed E-state index contributed by atoms with van der Waals surface area (Å²) in [6.45, 7) is 3.75. The molecule has 0 spiro atoms. The molecule has 1 heterocycles. The van der Waals surface area contributed by atoms with E-state index in [4.69, 9.17) is 9.68 Å². The number of hydrogen-bond acceptors (Lipinski definition) is 4. The maximum atomic E-state index is 9.07. The zero-order valence-corrected chi connectivity index (χ0v) is 9.56. The molecule has 0 saturated heterocycles. The van der Waals surface area contributed by atoms with E-state index in [0.717, 1.165) is 16.8 Å². The minimum Gasteiger partial charge on any atom is -0.443 e. The van der Waals surface area contributed by atoms with Crippen molar-refractivity contribution in [1.82, 2.24) is 4.98 Å². The van der Waals surface area contributed by atoms with Crippen molar-refractivity contribution >= 4 is 16.8 Å². The van der Waals surface area contributed by atoms with Gasteiger partial charge in [0.1, 0.15) is 11.1 Å². The average molecular weight is 215 g/mol. The van der Waals surface area contributed by atoms with Gasteiger partial charge in [0.2, 0.25) is 0 Å². The van der Waals surface area contributed by atoms with E-state index in [2.05, 4.69) is 11.1 Å². The fraction of sp³-hybridized carbons (Fsp3) is 0.333. The number of fused-ring (bicyclic) bond motifs is 1. The molecule has 0 amide bonds. The number of aromatic nitrogens is 1. The summed E-state index contributed by atoms with van der Waals surface area (Å²) in [5.41, 5.74) is 1.95. The van der Waals surface area contributed by atoms with Gasteiger partial charge in [0, 0.05) is 18.8 Å². The summed E-state index contributed by atoms with van der Waals surface area (Å²) in [6.07, 6.45) is 1.42. The van der Waals surface area contributed by atoms with Gasteiger partial charge < -0.3 is 9.32 Å². The molecule has 4 nitrogen and oxygen atoms in total. The Kier molecular flexibility index (Phi) is 2.31. The predicted octanol–water partition coefficient (Wildman–Crippen LogP) is 2.57. The number of anilines is 1. The fourth-order valence-electron chi connectivity index (χ4n) is 1.45. The van der Waals surface area contributed by atoms with Gasteiger partial charge in [-0.1, -0.05) is 0 Å². The first-order valence-electron chi connectivity index (χ1n) is 5.03. The topological polar surface area (TPSA) is 53.1 Å². The highest BCUT2D eigenvalue weighted by Gasteiger charge is 2.23. The lowest BCUT2D eigenvalue weighted by molar-refractivity contribution is 0.599. The lowest BCUT2D eigenvalue weighted by Gasteiger charge is -2.31. The molecule has 16 heavy (non-hydrogen) atoms. The molecule has 4 heteroatoms. The zero-order valence-electron chi connectivity index (χ0n) is 9.56. The molecule has 0 aliphatic heterocycles. The van der Waals surface area contributed by atoms with Gasteiger partial charge in [-0.05, 0) is 26.0 Å². The molecule has 0 saturated carbocycles. The average Bonchev–Trinajstić information content (AvgIpc) is 2.74. The zero-order chi connectivity index (χ0) is 11.8. The molecule has 0 aliphatic carbocycles. The normalized spacial score (nSPS) is 11.4. The van der Waals surface area contributed by atoms with E-state index < -0.39 is 5.54 Å². The number of benzene rings is 1. The molecule has 0 unspecified atom stereocenters. The van der Waals surface area contributed by atoms with Crippen LogP contribution in [0.5, 0.6) is 0 Å². The van der Waals surface area contributed by atoms with E-state index in [9.17, 15) is 0 Å². The van der Waals surface area contributed by atoms with Gasteiger partial charge in [-0.2, -0.15) is 5.26 Å². The van der Waals surface area contributed by atoms with Gasteiger partial charge in [-0.15, -0.1) is 0 Å². The van der Waals surface area contributed by atoms with E-state index in [1.165, 1.54) is 6.39 Å². The van der Waals surface area contributed by atoms with Crippen LogP contribution in [-0.2, 0) is 0 Å². The Morgan fingerprint density at radius 3 is 2.88 bits per heavy atom. The molecule has 0 radical (unpaired) electrons. The van der Waals surface area contributed by atoms with Crippen LogP contribution >= 0.6 is 0 Å². The molecule has 0 N–H and O–H groups in total. The van der Waals surface area contributed by atoms with Crippen LogP contribution < -0.4 is 4.90 Å². The van der Waals surface area contributed by atoms with Crippen molar-refractivity contribution in [2.75, 3.05) is 11.9 Å². The van der Waals surface area contributed by atoms with Crippen LogP contribution in [0, 0.1) is 11.3 Å². The predicted molar refractivity (Wildman–Crippen MR) is 62.1 cm³/mol. The minimum atomic E-state index is -0.548. The Bertz CT molecular complexity index is 551. The summed E-state index contributed by atoms with van der Waals surface area (Å²) in [5.74, 6) is 0. The molecule has 2 rings (SSSR count). The highest BCUT2D eigenvalue weighted by atomic mass is 16.3. The highest BCUT2D eigenvalue weighted by Crippen LogP contribution is 2.25. The lowest BCUT2D eigenvalue weighted by atomic mass is 10.1. The second-order valence-corrected chi connectivity index (χ2v) is 4.23. The maximum absolute atomic E-state index is 9.07. The van der Waals surface area contributed by atoms with Crippen LogP contribution in [0.15, 0.2) is 29.0 Å². The summed E-state index contributed by atoms with van der Waals surface area (Å²) >= 11 is 0. The Balaban J connectivity index is 2.44. The van der Waals surface area contributed by atoms with E-state index in [0.29, 0.717) is 0 Å². The third-order valence-corrected chi connectivity index (χ3v) is 2.81. The van der Waals surface area contributed by atoms with Crippen molar-refractivity contribution < 1.29 is 4.42 Å². The third-order valence-electron chi connectivity index (χ3n) is 2.81. The van der Waals surface area contributed by atoms with Crippen LogP contribution in [0.3, 0.4) is 0 Å². The first kappa shape index (κ1) is 10.5. The fourth-order valence-corrected chi connectivity index (χ4v) is 1.45. The molecule has 2 aromatic rings. The Hall–Kier alpha value is -2.02. The summed E-state index contributed by atoms with van der Waals surface area (Å²) in [5, 5.41) is 9.07. The van der Waals surface area contributed by atoms with Crippen LogP contribution in [0.2, 0.25) is 0 Å². The molecule has 0 fully saturated rings. The smallest absolute Gasteiger partial charge is 0.181 e. The molecule has 0 atom stereocenters. The SMILES string of the molecule is CN(c1ccc2ncoc2c1)C(C)(C)C#N. The van der Waals surface area contributed by atoms with E-state index in [-0.39, 0.29) is 0 Å². The van der Waals surface area contributed by atoms with Crippen molar-refractivity contribution in [2.45, 2.75) is 19.4 Å². The number of oxazole rings is 1. The van der Waals surface area contributed by atoms with Gasteiger partial charge in [0.25, 0.3) is 0 Å². The first-order valence-corrected chi connectivity index (χ1v) is 5.03. The van der Waals surface area contributed by atoms with Gasteiger partial charge in [0.05, 0.1) is 6.07 Å². The Morgan fingerprint density at radius 2 is 2.19 bits per heavy atom. The van der Waals surface area contributed by atoms with Gasteiger partial charge >= 0.3 is 0 Å². The Morgan fingerprint density at radius 1 is 1.44 bits per heavy atom. The molecule has 1 aromatic heterocycles. The van der Waals surface area contributed by atoms with Crippen molar-refractivity contribution in [3.8, 4) is 6.07 Å². The largest absolute Gasteiger partial charge is 0.443 e. The molecular formula is C12H13N3O. The van der Waals surface area contributed by atoms with Crippen LogP contribution in [-0.4, -0.2) is 17.6 Å². The summed E-state index contributed by atoms with van der Waals surface area (Å²) < 4.78 is 5.23. The van der Waals surface area contributed by atoms with Crippen molar-refractivity contribution in [1.29, 1.82) is 5.26 Å². The van der Waals surface area contributed by atoms with Crippen molar-refractivity contribution in [3.63, 3.8) is 0 Å². The second-order valence-electron chi connectivity index (χ2n) is 4.23. The molecule has 0 bridgehead atoms. The number of nitriles is 1. The van der Waals surface area contributed by atoms with Crippen LogP contribution in [0.4, 0.5) is 5.69 Å². The maximum Gasteiger partial charge on any atom is 0.181 e. The van der Waals surface area contributed by atoms with Gasteiger partial charge in [-0.3, -0.25) is 0 Å². The number of hydrogen-bond donors (Lipinski definition) is 0. The Labute approximate surface area is 94.1 Å². The second kappa shape index (κ2) is 3.53.